The van der Waals surface area contributed by atoms with Gasteiger partial charge < -0.3 is 4.84 Å². The van der Waals surface area contributed by atoms with E-state index in [1.807, 2.05) is 30.3 Å². The molecule has 2 nitrogen and oxygen atoms in total. The molecule has 0 heterocycles. The molecule has 2 aromatic rings. The smallest absolute Gasteiger partial charge is 0.138 e. The third-order valence-corrected chi connectivity index (χ3v) is 4.83. The lowest BCUT2D eigenvalue weighted by Crippen LogP contribution is -1.95. The van der Waals surface area contributed by atoms with Gasteiger partial charge in [0.15, 0.2) is 0 Å². The topological polar surface area (TPSA) is 21.6 Å². The Morgan fingerprint density at radius 2 is 1.83 bits per heavy atom. The summed E-state index contributed by atoms with van der Waals surface area (Å²) in [7, 11) is 0. The quantitative estimate of drug-likeness (QED) is 0.403. The normalized spacial score (nSPS) is 14.7. The van der Waals surface area contributed by atoms with Crippen molar-refractivity contribution >= 4 is 23.5 Å². The molecule has 0 atom stereocenters. The van der Waals surface area contributed by atoms with Crippen molar-refractivity contribution in [2.75, 3.05) is 12.9 Å². The summed E-state index contributed by atoms with van der Waals surface area (Å²) in [5, 5.41) is 4.10. The molecule has 0 unspecified atom stereocenters. The highest BCUT2D eigenvalue weighted by molar-refractivity contribution is 7.98. The van der Waals surface area contributed by atoms with Crippen LogP contribution in [0.5, 0.6) is 0 Å². The van der Waals surface area contributed by atoms with Crippen LogP contribution in [0.2, 0.25) is 0 Å². The lowest BCUT2D eigenvalue weighted by atomic mass is 10.0. The van der Waals surface area contributed by atoms with Crippen molar-refractivity contribution < 1.29 is 4.84 Å². The van der Waals surface area contributed by atoms with E-state index in [0.717, 1.165) is 18.4 Å². The number of hydrogen-bond donors (Lipinski definition) is 0. The highest BCUT2D eigenvalue weighted by Gasteiger charge is 2.16. The van der Waals surface area contributed by atoms with E-state index in [9.17, 15) is 0 Å². The van der Waals surface area contributed by atoms with Crippen LogP contribution in [-0.2, 0) is 4.84 Å². The third kappa shape index (κ3) is 4.26. The molecule has 0 spiro atoms. The molecule has 0 amide bonds. The second-order valence-corrected chi connectivity index (χ2v) is 6.46. The zero-order chi connectivity index (χ0) is 15.9. The zero-order valence-corrected chi connectivity index (χ0v) is 14.2. The predicted octanol–water partition coefficient (Wildman–Crippen LogP) is 5.40. The van der Waals surface area contributed by atoms with Crippen molar-refractivity contribution in [2.24, 2.45) is 5.16 Å². The summed E-state index contributed by atoms with van der Waals surface area (Å²) in [4.78, 5) is 6.83. The Labute approximate surface area is 142 Å². The fourth-order valence-electron chi connectivity index (χ4n) is 2.86. The van der Waals surface area contributed by atoms with Gasteiger partial charge in [-0.1, -0.05) is 47.6 Å². The van der Waals surface area contributed by atoms with Crippen LogP contribution in [0.4, 0.5) is 0 Å². The van der Waals surface area contributed by atoms with Gasteiger partial charge in [-0.2, -0.15) is 0 Å². The molecule has 3 heteroatoms. The van der Waals surface area contributed by atoms with Crippen molar-refractivity contribution in [2.45, 2.75) is 24.2 Å². The van der Waals surface area contributed by atoms with Crippen LogP contribution < -0.4 is 0 Å². The van der Waals surface area contributed by atoms with E-state index >= 15 is 0 Å². The SMILES string of the molecule is CSc1ccc(C2=C(CO/N=C/c3ccccc3)CCC2)cc1. The lowest BCUT2D eigenvalue weighted by Gasteiger charge is -2.08. The summed E-state index contributed by atoms with van der Waals surface area (Å²) in [6, 6.07) is 18.8. The van der Waals surface area contributed by atoms with Crippen molar-refractivity contribution in [3.8, 4) is 0 Å². The van der Waals surface area contributed by atoms with Crippen LogP contribution >= 0.6 is 11.8 Å². The van der Waals surface area contributed by atoms with Crippen LogP contribution in [0.3, 0.4) is 0 Å². The summed E-state index contributed by atoms with van der Waals surface area (Å²) < 4.78 is 0. The number of benzene rings is 2. The van der Waals surface area contributed by atoms with Gasteiger partial charge in [0.1, 0.15) is 6.61 Å². The Kier molecular flexibility index (Phi) is 5.54. The average Bonchev–Trinajstić information content (AvgIpc) is 3.08. The van der Waals surface area contributed by atoms with Gasteiger partial charge in [-0.05, 0) is 59.9 Å². The average molecular weight is 323 g/mol. The molecule has 118 valence electrons. The standard InChI is InChI=1S/C20H21NOS/c1-23-19-12-10-17(11-13-19)20-9-5-8-18(20)15-22-21-14-16-6-3-2-4-7-16/h2-4,6-7,10-14H,5,8-9,15H2,1H3/b21-14+. The van der Waals surface area contributed by atoms with Crippen molar-refractivity contribution in [1.29, 1.82) is 0 Å². The summed E-state index contributed by atoms with van der Waals surface area (Å²) >= 11 is 1.78. The summed E-state index contributed by atoms with van der Waals surface area (Å²) in [6.45, 7) is 0.586. The fourth-order valence-corrected chi connectivity index (χ4v) is 3.27. The zero-order valence-electron chi connectivity index (χ0n) is 13.4. The maximum atomic E-state index is 5.53. The van der Waals surface area contributed by atoms with E-state index in [1.54, 1.807) is 18.0 Å². The first-order valence-electron chi connectivity index (χ1n) is 7.92. The second-order valence-electron chi connectivity index (χ2n) is 5.58. The number of oxime groups is 1. The van der Waals surface area contributed by atoms with Crippen LogP contribution in [0.25, 0.3) is 5.57 Å². The maximum absolute atomic E-state index is 5.53. The molecule has 0 saturated carbocycles. The third-order valence-electron chi connectivity index (χ3n) is 4.09. The molecule has 0 radical (unpaired) electrons. The van der Waals surface area contributed by atoms with Gasteiger partial charge in [0.05, 0.1) is 6.21 Å². The molecule has 1 aliphatic carbocycles. The summed E-state index contributed by atoms with van der Waals surface area (Å²) in [5.41, 5.74) is 5.20. The number of allylic oxidation sites excluding steroid dienone is 1. The van der Waals surface area contributed by atoms with Gasteiger partial charge in [-0.15, -0.1) is 11.8 Å². The molecule has 0 aliphatic heterocycles. The highest BCUT2D eigenvalue weighted by Crippen LogP contribution is 2.34. The Hall–Kier alpha value is -2.00. The van der Waals surface area contributed by atoms with E-state index < -0.39 is 0 Å². The lowest BCUT2D eigenvalue weighted by molar-refractivity contribution is 0.168. The van der Waals surface area contributed by atoms with Crippen LogP contribution in [0, 0.1) is 0 Å². The molecular formula is C20H21NOS. The van der Waals surface area contributed by atoms with Crippen molar-refractivity contribution in [3.63, 3.8) is 0 Å². The molecule has 0 fully saturated rings. The largest absolute Gasteiger partial charge is 0.391 e. The molecular weight excluding hydrogens is 302 g/mol. The molecule has 1 aliphatic rings. The van der Waals surface area contributed by atoms with E-state index in [1.165, 1.54) is 28.0 Å². The van der Waals surface area contributed by atoms with Gasteiger partial charge in [-0.25, -0.2) is 0 Å². The molecule has 0 aromatic heterocycles. The summed E-state index contributed by atoms with van der Waals surface area (Å²) in [6.07, 6.45) is 7.33. The van der Waals surface area contributed by atoms with Gasteiger partial charge in [0.25, 0.3) is 0 Å². The van der Waals surface area contributed by atoms with Gasteiger partial charge in [-0.3, -0.25) is 0 Å². The minimum atomic E-state index is 0.586. The van der Waals surface area contributed by atoms with E-state index in [4.69, 9.17) is 4.84 Å². The number of rotatable bonds is 6. The first kappa shape index (κ1) is 15.9. The van der Waals surface area contributed by atoms with E-state index in [-0.39, 0.29) is 0 Å². The van der Waals surface area contributed by atoms with Crippen molar-refractivity contribution in [1.82, 2.24) is 0 Å². The number of thioether (sulfide) groups is 1. The van der Waals surface area contributed by atoms with E-state index in [0.29, 0.717) is 6.61 Å². The Balaban J connectivity index is 1.64. The first-order valence-corrected chi connectivity index (χ1v) is 9.15. The second kappa shape index (κ2) is 8.02. The maximum Gasteiger partial charge on any atom is 0.138 e. The molecule has 3 rings (SSSR count). The summed E-state index contributed by atoms with van der Waals surface area (Å²) in [5.74, 6) is 0. The number of hydrogen-bond acceptors (Lipinski definition) is 3. The number of nitrogens with zero attached hydrogens (tertiary/aromatic N) is 1. The van der Waals surface area contributed by atoms with Crippen LogP contribution in [0.1, 0.15) is 30.4 Å². The Bertz CT molecular complexity index is 689. The minimum Gasteiger partial charge on any atom is -0.391 e. The minimum absolute atomic E-state index is 0.586. The molecule has 0 N–H and O–H groups in total. The van der Waals surface area contributed by atoms with E-state index in [2.05, 4.69) is 35.7 Å². The monoisotopic (exact) mass is 323 g/mol. The van der Waals surface area contributed by atoms with Gasteiger partial charge in [0, 0.05) is 4.90 Å². The van der Waals surface area contributed by atoms with Gasteiger partial charge >= 0.3 is 0 Å². The first-order chi connectivity index (χ1) is 11.4. The molecule has 0 bridgehead atoms. The predicted molar refractivity (Wildman–Crippen MR) is 99.0 cm³/mol. The molecule has 23 heavy (non-hydrogen) atoms. The Morgan fingerprint density at radius 1 is 1.04 bits per heavy atom. The van der Waals surface area contributed by atoms with Crippen molar-refractivity contribution in [3.05, 3.63) is 71.3 Å². The highest BCUT2D eigenvalue weighted by atomic mass is 32.2. The van der Waals surface area contributed by atoms with Crippen LogP contribution in [0.15, 0.2) is 70.2 Å². The van der Waals surface area contributed by atoms with Gasteiger partial charge in [0.2, 0.25) is 0 Å². The van der Waals surface area contributed by atoms with Crippen LogP contribution in [-0.4, -0.2) is 19.1 Å². The fraction of sp³-hybridized carbons (Fsp3) is 0.250. The molecule has 2 aromatic carbocycles. The Morgan fingerprint density at radius 3 is 2.57 bits per heavy atom. The molecule has 0 saturated heterocycles.